The zero-order valence-electron chi connectivity index (χ0n) is 15.0. The average Bonchev–Trinajstić information content (AvgIpc) is 3.46. The lowest BCUT2D eigenvalue weighted by Gasteiger charge is -2.20. The van der Waals surface area contributed by atoms with E-state index < -0.39 is 0 Å². The lowest BCUT2D eigenvalue weighted by atomic mass is 10.2. The van der Waals surface area contributed by atoms with Crippen molar-refractivity contribution in [2.45, 2.75) is 25.8 Å². The molecule has 2 rings (SSSR count). The molecular formula is C18H28N4O3. The van der Waals surface area contributed by atoms with Crippen LogP contribution in [0.1, 0.15) is 19.8 Å². The van der Waals surface area contributed by atoms with Gasteiger partial charge in [-0.15, -0.1) is 0 Å². The van der Waals surface area contributed by atoms with E-state index >= 15 is 0 Å². The minimum absolute atomic E-state index is 0.0539. The van der Waals surface area contributed by atoms with E-state index in [-0.39, 0.29) is 12.1 Å². The number of carbonyl (C=O) groups excluding carboxylic acids is 1. The number of nitrogens with zero attached hydrogens (tertiary/aromatic N) is 1. The van der Waals surface area contributed by atoms with Crippen molar-refractivity contribution in [2.75, 3.05) is 33.4 Å². The highest BCUT2D eigenvalue weighted by atomic mass is 16.5. The standard InChI is InChI=1S/C18H28N4O3/c1-3-24-18(23)22-16(14-9-10-14)13-21-17(19-2)20-11-12-25-15-7-5-4-6-8-15/h4-8,14,16H,3,9-13H2,1-2H3,(H,22,23)(H2,19,20,21). The normalized spacial score (nSPS) is 15.2. The molecule has 1 atom stereocenters. The van der Waals surface area contributed by atoms with Crippen LogP contribution in [0.2, 0.25) is 0 Å². The maximum Gasteiger partial charge on any atom is 0.407 e. The van der Waals surface area contributed by atoms with Gasteiger partial charge in [0.05, 0.1) is 19.2 Å². The number of nitrogens with one attached hydrogen (secondary N) is 3. The zero-order valence-corrected chi connectivity index (χ0v) is 15.0. The number of para-hydroxylation sites is 1. The summed E-state index contributed by atoms with van der Waals surface area (Å²) in [5.41, 5.74) is 0. The SMILES string of the molecule is CCOC(=O)NC(CNC(=NC)NCCOc1ccccc1)C1CC1. The Balaban J connectivity index is 1.67. The predicted octanol–water partition coefficient (Wildman–Crippen LogP) is 1.76. The fraction of sp³-hybridized carbons (Fsp3) is 0.556. The molecule has 138 valence electrons. The van der Waals surface area contributed by atoms with Crippen LogP contribution in [0.4, 0.5) is 4.79 Å². The summed E-state index contributed by atoms with van der Waals surface area (Å²) >= 11 is 0. The zero-order chi connectivity index (χ0) is 17.9. The molecule has 0 saturated heterocycles. The Morgan fingerprint density at radius 3 is 2.68 bits per heavy atom. The molecule has 0 spiro atoms. The van der Waals surface area contributed by atoms with Gasteiger partial charge < -0.3 is 25.4 Å². The van der Waals surface area contributed by atoms with Gasteiger partial charge in [0.2, 0.25) is 0 Å². The van der Waals surface area contributed by atoms with E-state index in [2.05, 4.69) is 20.9 Å². The number of benzene rings is 1. The second kappa shape index (κ2) is 10.4. The molecule has 1 unspecified atom stereocenters. The van der Waals surface area contributed by atoms with Crippen molar-refractivity contribution in [3.63, 3.8) is 0 Å². The highest BCUT2D eigenvalue weighted by Gasteiger charge is 2.32. The van der Waals surface area contributed by atoms with E-state index in [1.165, 1.54) is 0 Å². The summed E-state index contributed by atoms with van der Waals surface area (Å²) in [7, 11) is 1.72. The van der Waals surface area contributed by atoms with Crippen molar-refractivity contribution in [1.82, 2.24) is 16.0 Å². The molecule has 1 aromatic rings. The average molecular weight is 348 g/mol. The summed E-state index contributed by atoms with van der Waals surface area (Å²) in [5, 5.41) is 9.37. The fourth-order valence-electron chi connectivity index (χ4n) is 2.44. The first-order valence-electron chi connectivity index (χ1n) is 8.78. The van der Waals surface area contributed by atoms with Crippen LogP contribution < -0.4 is 20.7 Å². The van der Waals surface area contributed by atoms with E-state index in [1.807, 2.05) is 30.3 Å². The molecule has 1 aliphatic carbocycles. The predicted molar refractivity (Wildman–Crippen MR) is 98.0 cm³/mol. The number of guanidine groups is 1. The van der Waals surface area contributed by atoms with Crippen molar-refractivity contribution in [2.24, 2.45) is 10.9 Å². The Hall–Kier alpha value is -2.44. The monoisotopic (exact) mass is 348 g/mol. The summed E-state index contributed by atoms with van der Waals surface area (Å²) in [6.45, 7) is 3.96. The van der Waals surface area contributed by atoms with Crippen LogP contribution in [-0.2, 0) is 4.74 Å². The van der Waals surface area contributed by atoms with Gasteiger partial charge in [-0.3, -0.25) is 4.99 Å². The Bertz CT molecular complexity index is 547. The lowest BCUT2D eigenvalue weighted by Crippen LogP contribution is -2.48. The van der Waals surface area contributed by atoms with Crippen molar-refractivity contribution in [3.05, 3.63) is 30.3 Å². The Morgan fingerprint density at radius 1 is 1.28 bits per heavy atom. The summed E-state index contributed by atoms with van der Waals surface area (Å²) in [4.78, 5) is 15.8. The molecule has 0 aromatic heterocycles. The summed E-state index contributed by atoms with van der Waals surface area (Å²) < 4.78 is 10.6. The van der Waals surface area contributed by atoms with Gasteiger partial charge in [-0.05, 0) is 37.8 Å². The molecule has 1 aromatic carbocycles. The molecule has 0 aliphatic heterocycles. The Kier molecular flexibility index (Phi) is 7.88. The first-order valence-corrected chi connectivity index (χ1v) is 8.78. The van der Waals surface area contributed by atoms with E-state index in [1.54, 1.807) is 14.0 Å². The highest BCUT2D eigenvalue weighted by Crippen LogP contribution is 2.32. The lowest BCUT2D eigenvalue weighted by molar-refractivity contribution is 0.146. The number of aliphatic imine (C=N–C) groups is 1. The third-order valence-electron chi connectivity index (χ3n) is 3.89. The Morgan fingerprint density at radius 2 is 2.04 bits per heavy atom. The van der Waals surface area contributed by atoms with E-state index in [9.17, 15) is 4.79 Å². The molecule has 3 N–H and O–H groups in total. The van der Waals surface area contributed by atoms with Crippen molar-refractivity contribution < 1.29 is 14.3 Å². The summed E-state index contributed by atoms with van der Waals surface area (Å²) in [5.74, 6) is 2.05. The van der Waals surface area contributed by atoms with Gasteiger partial charge in [-0.1, -0.05) is 18.2 Å². The minimum atomic E-state index is -0.361. The van der Waals surface area contributed by atoms with Crippen LogP contribution in [0, 0.1) is 5.92 Å². The van der Waals surface area contributed by atoms with Crippen molar-refractivity contribution in [3.8, 4) is 5.75 Å². The maximum absolute atomic E-state index is 11.6. The van der Waals surface area contributed by atoms with Gasteiger partial charge in [0.15, 0.2) is 5.96 Å². The van der Waals surface area contributed by atoms with E-state index in [0.717, 1.165) is 18.6 Å². The number of alkyl carbamates (subject to hydrolysis) is 1. The molecule has 1 amide bonds. The molecule has 1 saturated carbocycles. The molecular weight excluding hydrogens is 320 g/mol. The topological polar surface area (TPSA) is 84.0 Å². The Labute approximate surface area is 149 Å². The molecule has 7 heteroatoms. The number of carbonyl (C=O) groups is 1. The van der Waals surface area contributed by atoms with Gasteiger partial charge in [0.1, 0.15) is 12.4 Å². The first-order chi connectivity index (χ1) is 12.2. The number of ether oxygens (including phenoxy) is 2. The second-order valence-electron chi connectivity index (χ2n) is 5.85. The van der Waals surface area contributed by atoms with Crippen molar-refractivity contribution in [1.29, 1.82) is 0 Å². The fourth-order valence-corrected chi connectivity index (χ4v) is 2.44. The third-order valence-corrected chi connectivity index (χ3v) is 3.89. The molecule has 0 heterocycles. The smallest absolute Gasteiger partial charge is 0.407 e. The molecule has 1 fully saturated rings. The van der Waals surface area contributed by atoms with Gasteiger partial charge in [0, 0.05) is 13.6 Å². The van der Waals surface area contributed by atoms with Crippen LogP contribution in [0.5, 0.6) is 5.75 Å². The molecule has 1 aliphatic rings. The van der Waals surface area contributed by atoms with Crippen LogP contribution in [0.15, 0.2) is 35.3 Å². The van der Waals surface area contributed by atoms with Gasteiger partial charge >= 0.3 is 6.09 Å². The third kappa shape index (κ3) is 7.32. The van der Waals surface area contributed by atoms with Gasteiger partial charge in [0.25, 0.3) is 0 Å². The highest BCUT2D eigenvalue weighted by molar-refractivity contribution is 5.79. The molecule has 0 radical (unpaired) electrons. The van der Waals surface area contributed by atoms with Gasteiger partial charge in [-0.2, -0.15) is 0 Å². The van der Waals surface area contributed by atoms with Crippen molar-refractivity contribution >= 4 is 12.1 Å². The largest absolute Gasteiger partial charge is 0.492 e. The van der Waals surface area contributed by atoms with Crippen LogP contribution >= 0.6 is 0 Å². The van der Waals surface area contributed by atoms with E-state index in [4.69, 9.17) is 9.47 Å². The number of hydrogen-bond acceptors (Lipinski definition) is 4. The quantitative estimate of drug-likeness (QED) is 0.360. The number of amides is 1. The second-order valence-corrected chi connectivity index (χ2v) is 5.85. The minimum Gasteiger partial charge on any atom is -0.492 e. The first kappa shape index (κ1) is 18.9. The molecule has 7 nitrogen and oxygen atoms in total. The summed E-state index contributed by atoms with van der Waals surface area (Å²) in [6, 6.07) is 9.74. The van der Waals surface area contributed by atoms with Gasteiger partial charge in [-0.25, -0.2) is 4.79 Å². The molecule has 0 bridgehead atoms. The number of hydrogen-bond donors (Lipinski definition) is 3. The van der Waals surface area contributed by atoms with Crippen LogP contribution in [0.3, 0.4) is 0 Å². The summed E-state index contributed by atoms with van der Waals surface area (Å²) in [6.07, 6.45) is 1.91. The maximum atomic E-state index is 11.6. The van der Waals surface area contributed by atoms with Crippen LogP contribution in [0.25, 0.3) is 0 Å². The van der Waals surface area contributed by atoms with E-state index in [0.29, 0.717) is 38.2 Å². The van der Waals surface area contributed by atoms with Crippen LogP contribution in [-0.4, -0.2) is 51.4 Å². The molecule has 25 heavy (non-hydrogen) atoms. The number of rotatable bonds is 9.